The summed E-state index contributed by atoms with van der Waals surface area (Å²) in [6, 6.07) is 11.3. The zero-order chi connectivity index (χ0) is 19.5. The van der Waals surface area contributed by atoms with Gasteiger partial charge in [-0.05, 0) is 36.4 Å². The number of fused-ring (bicyclic) bond motifs is 1. The van der Waals surface area contributed by atoms with Crippen molar-refractivity contribution in [3.63, 3.8) is 0 Å². The van der Waals surface area contributed by atoms with E-state index in [1.807, 2.05) is 36.4 Å². The quantitative estimate of drug-likeness (QED) is 0.659. The Bertz CT molecular complexity index is 1080. The predicted molar refractivity (Wildman–Crippen MR) is 105 cm³/mol. The second-order valence-electron chi connectivity index (χ2n) is 6.03. The molecule has 1 aliphatic rings. The predicted octanol–water partition coefficient (Wildman–Crippen LogP) is 2.68. The first-order valence-corrected chi connectivity index (χ1v) is 8.64. The minimum Gasteiger partial charge on any atom is -0.493 e. The van der Waals surface area contributed by atoms with Gasteiger partial charge in [0.15, 0.2) is 11.5 Å². The first kappa shape index (κ1) is 17.7. The largest absolute Gasteiger partial charge is 0.493 e. The number of carbonyl (C=O) groups excluding carboxylic acids is 1. The lowest BCUT2D eigenvalue weighted by molar-refractivity contribution is -0.132. The average Bonchev–Trinajstić information content (AvgIpc) is 3.16. The number of esters is 1. The summed E-state index contributed by atoms with van der Waals surface area (Å²) in [5.74, 6) is 1.88. The average molecular weight is 378 g/mol. The number of aromatic nitrogens is 2. The van der Waals surface area contributed by atoms with Crippen LogP contribution in [-0.2, 0) is 9.53 Å². The monoisotopic (exact) mass is 378 g/mol. The highest BCUT2D eigenvalue weighted by atomic mass is 16.6. The highest BCUT2D eigenvalue weighted by Gasteiger charge is 2.17. The molecule has 0 fully saturated rings. The molecule has 2 aromatic heterocycles. The van der Waals surface area contributed by atoms with Gasteiger partial charge in [-0.2, -0.15) is 0 Å². The molecule has 1 aliphatic heterocycles. The zero-order valence-corrected chi connectivity index (χ0v) is 15.4. The molecule has 1 aromatic carbocycles. The van der Waals surface area contributed by atoms with Gasteiger partial charge in [-0.15, -0.1) is 0 Å². The van der Waals surface area contributed by atoms with Crippen molar-refractivity contribution in [2.24, 2.45) is 4.99 Å². The number of cyclic esters (lactones) is 1. The van der Waals surface area contributed by atoms with E-state index in [4.69, 9.17) is 19.2 Å². The smallest absolute Gasteiger partial charge is 0.334 e. The minimum absolute atomic E-state index is 0.0540. The van der Waals surface area contributed by atoms with Crippen molar-refractivity contribution in [1.82, 2.24) is 9.97 Å². The fourth-order valence-corrected chi connectivity index (χ4v) is 2.95. The Morgan fingerprint density at radius 3 is 2.75 bits per heavy atom. The van der Waals surface area contributed by atoms with E-state index >= 15 is 0 Å². The van der Waals surface area contributed by atoms with Gasteiger partial charge in [0.05, 0.1) is 32.0 Å². The van der Waals surface area contributed by atoms with Crippen LogP contribution in [0.2, 0.25) is 0 Å². The molecule has 0 aliphatic carbocycles. The van der Waals surface area contributed by atoms with Crippen molar-refractivity contribution in [2.75, 3.05) is 32.6 Å². The molecular formula is C20H18N4O4. The van der Waals surface area contributed by atoms with E-state index in [1.54, 1.807) is 20.4 Å². The number of hydrogen-bond donors (Lipinski definition) is 1. The molecule has 0 saturated heterocycles. The van der Waals surface area contributed by atoms with E-state index < -0.39 is 0 Å². The molecule has 142 valence electrons. The Morgan fingerprint density at radius 2 is 2.00 bits per heavy atom. The lowest BCUT2D eigenvalue weighted by Gasteiger charge is -2.13. The summed E-state index contributed by atoms with van der Waals surface area (Å²) in [6.45, 7) is 0.316. The molecular weight excluding hydrogens is 360 g/mol. The topological polar surface area (TPSA) is 94.9 Å². The van der Waals surface area contributed by atoms with Crippen LogP contribution in [0, 0.1) is 0 Å². The Hall–Kier alpha value is -3.68. The molecule has 3 aromatic rings. The Labute approximate surface area is 161 Å². The molecule has 0 saturated carbocycles. The van der Waals surface area contributed by atoms with Crippen LogP contribution in [0.3, 0.4) is 0 Å². The Balaban J connectivity index is 1.72. The number of benzene rings is 1. The molecule has 0 bridgehead atoms. The fourth-order valence-electron chi connectivity index (χ4n) is 2.95. The van der Waals surface area contributed by atoms with Crippen LogP contribution in [0.1, 0.15) is 0 Å². The number of rotatable bonds is 6. The lowest BCUT2D eigenvalue weighted by Crippen LogP contribution is -2.16. The van der Waals surface area contributed by atoms with Gasteiger partial charge in [-0.1, -0.05) is 0 Å². The van der Waals surface area contributed by atoms with Crippen molar-refractivity contribution >= 4 is 28.6 Å². The van der Waals surface area contributed by atoms with Gasteiger partial charge in [0.2, 0.25) is 5.90 Å². The fraction of sp³-hybridized carbons (Fsp3) is 0.200. The Morgan fingerprint density at radius 1 is 1.14 bits per heavy atom. The molecule has 0 spiro atoms. The van der Waals surface area contributed by atoms with Gasteiger partial charge in [0.25, 0.3) is 0 Å². The summed E-state index contributed by atoms with van der Waals surface area (Å²) < 4.78 is 15.7. The van der Waals surface area contributed by atoms with Crippen molar-refractivity contribution in [1.29, 1.82) is 0 Å². The van der Waals surface area contributed by atoms with Crippen LogP contribution in [0.4, 0.5) is 5.82 Å². The van der Waals surface area contributed by atoms with Crippen molar-refractivity contribution in [2.45, 2.75) is 0 Å². The van der Waals surface area contributed by atoms with E-state index in [1.165, 1.54) is 0 Å². The van der Waals surface area contributed by atoms with E-state index in [2.05, 4.69) is 15.3 Å². The van der Waals surface area contributed by atoms with Gasteiger partial charge in [0, 0.05) is 17.1 Å². The van der Waals surface area contributed by atoms with Crippen LogP contribution in [0.25, 0.3) is 22.2 Å². The number of hydrogen-bond acceptors (Lipinski definition) is 8. The van der Waals surface area contributed by atoms with E-state index in [-0.39, 0.29) is 19.1 Å². The maximum Gasteiger partial charge on any atom is 0.334 e. The van der Waals surface area contributed by atoms with Crippen molar-refractivity contribution in [3.05, 3.63) is 42.6 Å². The van der Waals surface area contributed by atoms with E-state index in [0.717, 1.165) is 22.2 Å². The molecule has 4 rings (SSSR count). The highest BCUT2D eigenvalue weighted by molar-refractivity contribution is 5.98. The number of methoxy groups -OCH3 is 2. The SMILES string of the molecule is COc1ccc(-c2cc3ncccc3c(NCC3=NCC(=O)O3)n2)cc1OC. The molecule has 0 amide bonds. The van der Waals surface area contributed by atoms with Crippen LogP contribution < -0.4 is 14.8 Å². The second-order valence-corrected chi connectivity index (χ2v) is 6.03. The normalized spacial score (nSPS) is 13.2. The molecule has 0 radical (unpaired) electrons. The highest BCUT2D eigenvalue weighted by Crippen LogP contribution is 2.33. The molecule has 0 unspecified atom stereocenters. The summed E-state index contributed by atoms with van der Waals surface area (Å²) in [6.07, 6.45) is 1.73. The van der Waals surface area contributed by atoms with Gasteiger partial charge < -0.3 is 19.5 Å². The molecule has 3 heterocycles. The number of ether oxygens (including phenoxy) is 3. The van der Waals surface area contributed by atoms with Crippen LogP contribution in [0.5, 0.6) is 11.5 Å². The van der Waals surface area contributed by atoms with Crippen molar-refractivity contribution in [3.8, 4) is 22.8 Å². The molecule has 8 heteroatoms. The van der Waals surface area contributed by atoms with Crippen molar-refractivity contribution < 1.29 is 19.0 Å². The van der Waals surface area contributed by atoms with Crippen LogP contribution >= 0.6 is 0 Å². The first-order chi connectivity index (χ1) is 13.7. The number of aliphatic imine (C=N–C) groups is 1. The number of pyridine rings is 2. The van der Waals surface area contributed by atoms with Gasteiger partial charge in [0.1, 0.15) is 12.4 Å². The summed E-state index contributed by atoms with van der Waals surface area (Å²) in [7, 11) is 3.18. The maximum atomic E-state index is 11.2. The summed E-state index contributed by atoms with van der Waals surface area (Å²) in [5, 5.41) is 4.05. The van der Waals surface area contributed by atoms with E-state index in [9.17, 15) is 4.79 Å². The van der Waals surface area contributed by atoms with Crippen LogP contribution in [-0.4, -0.2) is 49.1 Å². The molecule has 1 N–H and O–H groups in total. The number of anilines is 1. The number of nitrogens with zero attached hydrogens (tertiary/aromatic N) is 3. The number of carbonyl (C=O) groups is 1. The second kappa shape index (κ2) is 7.51. The third-order valence-corrected chi connectivity index (χ3v) is 4.30. The maximum absolute atomic E-state index is 11.2. The van der Waals surface area contributed by atoms with Crippen LogP contribution in [0.15, 0.2) is 47.6 Å². The summed E-state index contributed by atoms with van der Waals surface area (Å²) in [5.41, 5.74) is 2.37. The molecule has 28 heavy (non-hydrogen) atoms. The third-order valence-electron chi connectivity index (χ3n) is 4.30. The molecule has 8 nitrogen and oxygen atoms in total. The summed E-state index contributed by atoms with van der Waals surface area (Å²) >= 11 is 0. The van der Waals surface area contributed by atoms with Gasteiger partial charge >= 0.3 is 5.97 Å². The Kier molecular flexibility index (Phi) is 4.76. The minimum atomic E-state index is -0.352. The lowest BCUT2D eigenvalue weighted by atomic mass is 10.1. The van der Waals surface area contributed by atoms with Gasteiger partial charge in [-0.3, -0.25) is 4.98 Å². The number of nitrogens with one attached hydrogen (secondary N) is 1. The summed E-state index contributed by atoms with van der Waals surface area (Å²) in [4.78, 5) is 24.4. The zero-order valence-electron chi connectivity index (χ0n) is 15.4. The third kappa shape index (κ3) is 3.44. The van der Waals surface area contributed by atoms with E-state index in [0.29, 0.717) is 23.2 Å². The molecule has 0 atom stereocenters. The first-order valence-electron chi connectivity index (χ1n) is 8.64. The van der Waals surface area contributed by atoms with Gasteiger partial charge in [-0.25, -0.2) is 14.8 Å². The standard InChI is InChI=1S/C20H18N4O4/c1-26-16-6-5-12(8-17(16)27-2)14-9-15-13(4-3-7-21-15)20(24-14)23-10-18-22-11-19(25)28-18/h3-9H,10-11H2,1-2H3,(H,23,24).